The summed E-state index contributed by atoms with van der Waals surface area (Å²) in [6.07, 6.45) is -1.82. The molecule has 2 bridgehead atoms. The Bertz CT molecular complexity index is 841. The molecule has 0 aromatic rings. The van der Waals surface area contributed by atoms with Gasteiger partial charge in [-0.25, -0.2) is 0 Å². The molecule has 11 atom stereocenters. The summed E-state index contributed by atoms with van der Waals surface area (Å²) >= 11 is 0. The van der Waals surface area contributed by atoms with Gasteiger partial charge < -0.3 is 35.0 Å². The van der Waals surface area contributed by atoms with Crippen LogP contribution in [0, 0.1) is 34.0 Å². The largest absolute Gasteiger partial charge is 0.394 e. The Kier molecular flexibility index (Phi) is 6.08. The lowest BCUT2D eigenvalue weighted by Crippen LogP contribution is -2.65. The van der Waals surface area contributed by atoms with Crippen molar-refractivity contribution in [2.24, 2.45) is 34.0 Å². The zero-order valence-corrected chi connectivity index (χ0v) is 20.2. The van der Waals surface area contributed by atoms with Gasteiger partial charge in [0, 0.05) is 23.2 Å². The molecule has 4 aliphatic carbocycles. The first-order chi connectivity index (χ1) is 16.0. The fraction of sp³-hybridized carbons (Fsp3) is 0.885. The number of ketones is 1. The molecule has 11 unspecified atom stereocenters. The lowest BCUT2D eigenvalue weighted by atomic mass is 9.40. The van der Waals surface area contributed by atoms with E-state index in [0.29, 0.717) is 6.42 Å². The predicted molar refractivity (Wildman–Crippen MR) is 121 cm³/mol. The van der Waals surface area contributed by atoms with E-state index < -0.39 is 54.2 Å². The zero-order valence-electron chi connectivity index (χ0n) is 20.2. The second-order valence-corrected chi connectivity index (χ2v) is 12.4. The summed E-state index contributed by atoms with van der Waals surface area (Å²) < 4.78 is 11.8. The van der Waals surface area contributed by atoms with Gasteiger partial charge in [0.25, 0.3) is 0 Å². The summed E-state index contributed by atoms with van der Waals surface area (Å²) in [5, 5.41) is 51.8. The Morgan fingerprint density at radius 3 is 2.53 bits per heavy atom. The second kappa shape index (κ2) is 8.33. The van der Waals surface area contributed by atoms with E-state index in [1.165, 1.54) is 0 Å². The minimum Gasteiger partial charge on any atom is -0.394 e. The van der Waals surface area contributed by atoms with Gasteiger partial charge in [-0.15, -0.1) is 0 Å². The Balaban J connectivity index is 1.50. The quantitative estimate of drug-likeness (QED) is 0.375. The molecule has 0 aromatic heterocycles. The minimum atomic E-state index is -1.51. The van der Waals surface area contributed by atoms with Crippen molar-refractivity contribution in [3.05, 3.63) is 12.2 Å². The monoisotopic (exact) mass is 480 g/mol. The molecule has 192 valence electrons. The maximum Gasteiger partial charge on any atom is 0.186 e. The average molecular weight is 481 g/mol. The molecule has 5 aliphatic rings. The second-order valence-electron chi connectivity index (χ2n) is 12.4. The highest BCUT2D eigenvalue weighted by atomic mass is 16.7. The van der Waals surface area contributed by atoms with E-state index in [9.17, 15) is 30.3 Å². The van der Waals surface area contributed by atoms with Gasteiger partial charge in [-0.3, -0.25) is 4.79 Å². The molecule has 1 heterocycles. The van der Waals surface area contributed by atoms with Crippen LogP contribution in [0.5, 0.6) is 0 Å². The summed E-state index contributed by atoms with van der Waals surface area (Å²) in [7, 11) is 0. The van der Waals surface area contributed by atoms with Gasteiger partial charge in [0.2, 0.25) is 0 Å². The van der Waals surface area contributed by atoms with Crippen molar-refractivity contribution in [2.45, 2.75) is 95.6 Å². The van der Waals surface area contributed by atoms with Crippen LogP contribution in [0.2, 0.25) is 0 Å². The van der Waals surface area contributed by atoms with Crippen molar-refractivity contribution in [3.63, 3.8) is 0 Å². The van der Waals surface area contributed by atoms with Crippen LogP contribution in [0.25, 0.3) is 0 Å². The molecule has 5 fully saturated rings. The molecule has 5 N–H and O–H groups in total. The molecule has 8 nitrogen and oxygen atoms in total. The number of carbonyl (C=O) groups excluding carboxylic acids is 1. The first-order valence-corrected chi connectivity index (χ1v) is 12.8. The number of hydrogen-bond acceptors (Lipinski definition) is 8. The minimum absolute atomic E-state index is 0.0673. The average Bonchev–Trinajstić information content (AvgIpc) is 2.96. The van der Waals surface area contributed by atoms with Gasteiger partial charge in [-0.2, -0.15) is 0 Å². The topological polar surface area (TPSA) is 137 Å². The Morgan fingerprint density at radius 2 is 1.82 bits per heavy atom. The maximum absolute atomic E-state index is 13.9. The molecular formula is C26H40O8. The van der Waals surface area contributed by atoms with Gasteiger partial charge >= 0.3 is 0 Å². The molecule has 1 saturated heterocycles. The van der Waals surface area contributed by atoms with Crippen molar-refractivity contribution >= 4 is 5.78 Å². The third-order valence-corrected chi connectivity index (χ3v) is 10.2. The number of aliphatic hydroxyl groups excluding tert-OH is 5. The van der Waals surface area contributed by atoms with Crippen LogP contribution in [-0.2, 0) is 14.3 Å². The van der Waals surface area contributed by atoms with Crippen molar-refractivity contribution in [1.29, 1.82) is 0 Å². The summed E-state index contributed by atoms with van der Waals surface area (Å²) in [4.78, 5) is 13.9. The molecule has 4 saturated carbocycles. The number of ether oxygens (including phenoxy) is 2. The van der Waals surface area contributed by atoms with E-state index >= 15 is 0 Å². The molecule has 0 amide bonds. The zero-order chi connectivity index (χ0) is 24.6. The van der Waals surface area contributed by atoms with Crippen molar-refractivity contribution in [2.75, 3.05) is 13.2 Å². The SMILES string of the molecule is C=C1C2CCC3C(CC(=O)C4C(C)(C)CCCC43COC3OC(CO)C(O)C(O)C3O)(C2)C1O. The van der Waals surface area contributed by atoms with Gasteiger partial charge in [0.1, 0.15) is 30.2 Å². The molecule has 34 heavy (non-hydrogen) atoms. The van der Waals surface area contributed by atoms with Gasteiger partial charge in [-0.1, -0.05) is 26.8 Å². The Labute approximate surface area is 201 Å². The first kappa shape index (κ1) is 24.8. The van der Waals surface area contributed by atoms with E-state index in [2.05, 4.69) is 20.4 Å². The van der Waals surface area contributed by atoms with Crippen LogP contribution >= 0.6 is 0 Å². The number of fused-ring (bicyclic) bond motifs is 3. The van der Waals surface area contributed by atoms with Crippen molar-refractivity contribution in [3.8, 4) is 0 Å². The van der Waals surface area contributed by atoms with Crippen LogP contribution in [-0.4, -0.2) is 81.3 Å². The number of hydrogen-bond donors (Lipinski definition) is 5. The predicted octanol–water partition coefficient (Wildman–Crippen LogP) is 0.922. The standard InChI is InChI=1S/C26H40O8/c1-13-14-5-6-17-25(12-33-23-20(31)19(30)18(29)16(11-27)34-23)8-4-7-24(2,3)21(25)15(28)10-26(17,9-14)22(13)32/h14,16-23,27,29-32H,1,4-12H2,2-3H3. The van der Waals surface area contributed by atoms with E-state index in [-0.39, 0.29) is 35.6 Å². The highest BCUT2D eigenvalue weighted by Gasteiger charge is 2.70. The van der Waals surface area contributed by atoms with Crippen molar-refractivity contribution in [1.82, 2.24) is 0 Å². The van der Waals surface area contributed by atoms with E-state index in [4.69, 9.17) is 9.47 Å². The first-order valence-electron chi connectivity index (χ1n) is 12.8. The molecule has 0 aromatic carbocycles. The smallest absolute Gasteiger partial charge is 0.186 e. The normalized spacial score (nSPS) is 52.3. The lowest BCUT2D eigenvalue weighted by molar-refractivity contribution is -0.314. The van der Waals surface area contributed by atoms with E-state index in [0.717, 1.165) is 44.1 Å². The number of carbonyl (C=O) groups is 1. The van der Waals surface area contributed by atoms with Crippen LogP contribution in [0.4, 0.5) is 0 Å². The van der Waals surface area contributed by atoms with Gasteiger partial charge in [-0.05, 0) is 54.9 Å². The number of rotatable bonds is 4. The molecule has 1 spiro atoms. The molecule has 1 aliphatic heterocycles. The van der Waals surface area contributed by atoms with Gasteiger partial charge in [0.05, 0.1) is 19.3 Å². The van der Waals surface area contributed by atoms with E-state index in [1.807, 2.05) is 0 Å². The van der Waals surface area contributed by atoms with E-state index in [1.54, 1.807) is 0 Å². The van der Waals surface area contributed by atoms with Crippen molar-refractivity contribution < 1.29 is 39.8 Å². The summed E-state index contributed by atoms with van der Waals surface area (Å²) in [6, 6.07) is 0. The Hall–Kier alpha value is -0.870. The van der Waals surface area contributed by atoms with Crippen LogP contribution in [0.1, 0.15) is 58.8 Å². The molecular weight excluding hydrogens is 440 g/mol. The van der Waals surface area contributed by atoms with Crippen LogP contribution in [0.3, 0.4) is 0 Å². The molecule has 0 radical (unpaired) electrons. The van der Waals surface area contributed by atoms with Crippen LogP contribution in [0.15, 0.2) is 12.2 Å². The maximum atomic E-state index is 13.9. The summed E-state index contributed by atoms with van der Waals surface area (Å²) in [5.41, 5.74) is -0.437. The number of Topliss-reactive ketones (excluding diaryl/α,β-unsaturated/α-hetero) is 1. The molecule has 8 heteroatoms. The van der Waals surface area contributed by atoms with Crippen LogP contribution < -0.4 is 0 Å². The van der Waals surface area contributed by atoms with Gasteiger partial charge in [0.15, 0.2) is 6.29 Å². The molecule has 5 rings (SSSR count). The third kappa shape index (κ3) is 3.33. The lowest BCUT2D eigenvalue weighted by Gasteiger charge is -2.64. The number of aliphatic hydroxyl groups is 5. The highest BCUT2D eigenvalue weighted by molar-refractivity contribution is 5.85. The fourth-order valence-electron chi connectivity index (χ4n) is 8.92. The summed E-state index contributed by atoms with van der Waals surface area (Å²) in [6.45, 7) is 8.10. The third-order valence-electron chi connectivity index (χ3n) is 10.2. The Morgan fingerprint density at radius 1 is 1.09 bits per heavy atom. The highest BCUT2D eigenvalue weighted by Crippen LogP contribution is 2.71. The fourth-order valence-corrected chi connectivity index (χ4v) is 8.92. The summed E-state index contributed by atoms with van der Waals surface area (Å²) in [5.74, 6) is 0.243.